The van der Waals surface area contributed by atoms with Crippen LogP contribution < -0.4 is 15.4 Å². The van der Waals surface area contributed by atoms with Gasteiger partial charge >= 0.3 is 6.18 Å². The second-order valence-electron chi connectivity index (χ2n) is 10.1. The van der Waals surface area contributed by atoms with Crippen molar-refractivity contribution in [1.82, 2.24) is 9.72 Å². The van der Waals surface area contributed by atoms with E-state index in [0.29, 0.717) is 40.9 Å². The third kappa shape index (κ3) is 7.63. The molecule has 228 valence electrons. The number of hydrogen-bond acceptors (Lipinski definition) is 8. The van der Waals surface area contributed by atoms with Crippen LogP contribution in [0.1, 0.15) is 24.3 Å². The predicted octanol–water partition coefficient (Wildman–Crippen LogP) is 4.75. The van der Waals surface area contributed by atoms with Gasteiger partial charge in [0.2, 0.25) is 0 Å². The van der Waals surface area contributed by atoms with Crippen molar-refractivity contribution in [2.24, 2.45) is 0 Å². The summed E-state index contributed by atoms with van der Waals surface area (Å²) in [5.74, 6) is 6.31. The number of nitrogens with zero attached hydrogens (tertiary/aromatic N) is 2. The Morgan fingerprint density at radius 2 is 1.81 bits per heavy atom. The Bertz CT molecular complexity index is 1890. The number of sulfonamides is 1. The van der Waals surface area contributed by atoms with Crippen molar-refractivity contribution in [1.29, 1.82) is 0 Å². The van der Waals surface area contributed by atoms with Gasteiger partial charge in [0.1, 0.15) is 22.1 Å². The first kappa shape index (κ1) is 30.3. The van der Waals surface area contributed by atoms with E-state index in [0.717, 1.165) is 4.57 Å². The molecule has 1 aliphatic rings. The van der Waals surface area contributed by atoms with Crippen LogP contribution in [-0.2, 0) is 26.4 Å². The number of anilines is 3. The minimum Gasteiger partial charge on any atom is -0.382 e. The van der Waals surface area contributed by atoms with Crippen LogP contribution in [-0.4, -0.2) is 56.8 Å². The maximum atomic E-state index is 13.5. The number of fused-ring (bicyclic) bond motifs is 1. The normalized spacial score (nSPS) is 15.5. The van der Waals surface area contributed by atoms with E-state index in [4.69, 9.17) is 4.52 Å². The lowest BCUT2D eigenvalue weighted by Crippen LogP contribution is -2.32. The fourth-order valence-electron chi connectivity index (χ4n) is 4.76. The van der Waals surface area contributed by atoms with Gasteiger partial charge in [-0.15, -0.1) is 0 Å². The highest BCUT2D eigenvalue weighted by molar-refractivity contribution is 7.92. The third-order valence-corrected chi connectivity index (χ3v) is 9.91. The van der Waals surface area contributed by atoms with Crippen LogP contribution in [0, 0.1) is 18.8 Å². The zero-order valence-corrected chi connectivity index (χ0v) is 24.5. The summed E-state index contributed by atoms with van der Waals surface area (Å²) < 4.78 is 97.5. The largest absolute Gasteiger partial charge is 0.406 e. The Morgan fingerprint density at radius 3 is 2.47 bits per heavy atom. The highest BCUT2D eigenvalue weighted by Crippen LogP contribution is 2.31. The number of sulfone groups is 1. The van der Waals surface area contributed by atoms with E-state index in [-0.39, 0.29) is 40.5 Å². The molecular weight excluding hydrogens is 607 g/mol. The lowest BCUT2D eigenvalue weighted by Gasteiger charge is -2.24. The minimum atomic E-state index is -4.48. The second-order valence-corrected chi connectivity index (χ2v) is 14.1. The van der Waals surface area contributed by atoms with Crippen LogP contribution >= 0.6 is 0 Å². The SMILES string of the molecule is Cc1cc(NS(=O)(=O)c2ccc(NCC#Cc3cc4c(NC5CCS(=O)(=O)CC5)cccc4n3CC(F)(F)F)cc2)no1. The summed E-state index contributed by atoms with van der Waals surface area (Å²) in [6.45, 7) is 0.489. The van der Waals surface area contributed by atoms with Crippen LogP contribution in [0.4, 0.5) is 30.4 Å². The summed E-state index contributed by atoms with van der Waals surface area (Å²) in [5, 5.41) is 10.5. The van der Waals surface area contributed by atoms with Crippen LogP contribution in [0.15, 0.2) is 64.0 Å². The Balaban J connectivity index is 1.30. The number of alkyl halides is 3. The maximum Gasteiger partial charge on any atom is 0.406 e. The Kier molecular flexibility index (Phi) is 8.35. The van der Waals surface area contributed by atoms with Crippen LogP contribution in [0.2, 0.25) is 0 Å². The molecule has 0 bridgehead atoms. The van der Waals surface area contributed by atoms with Gasteiger partial charge in [-0.1, -0.05) is 17.1 Å². The highest BCUT2D eigenvalue weighted by Gasteiger charge is 2.30. The Hall–Kier alpha value is -4.16. The van der Waals surface area contributed by atoms with Crippen LogP contribution in [0.25, 0.3) is 10.9 Å². The summed E-state index contributed by atoms with van der Waals surface area (Å²) in [5.41, 5.74) is 1.70. The zero-order valence-electron chi connectivity index (χ0n) is 22.9. The second kappa shape index (κ2) is 11.8. The summed E-state index contributed by atoms with van der Waals surface area (Å²) in [6.07, 6.45) is -3.64. The standard InChI is InChI=1S/C28H28F3N5O5S2/c1-19-16-27(34-41-19)35-43(39,40)23-9-7-20(8-10-23)32-13-3-4-22-17-24-25(33-21-11-14-42(37,38)15-12-21)5-2-6-26(24)36(22)18-28(29,30)31/h2,5-10,16-17,21,32-33H,11-15,18H2,1H3,(H,34,35). The van der Waals surface area contributed by atoms with Gasteiger partial charge in [0.25, 0.3) is 10.0 Å². The van der Waals surface area contributed by atoms with E-state index in [2.05, 4.69) is 32.4 Å². The molecular formula is C28H28F3N5O5S2. The predicted molar refractivity (Wildman–Crippen MR) is 157 cm³/mol. The summed E-state index contributed by atoms with van der Waals surface area (Å²) in [6, 6.07) is 13.8. The van der Waals surface area contributed by atoms with Gasteiger partial charge in [0, 0.05) is 28.9 Å². The van der Waals surface area contributed by atoms with Gasteiger partial charge in [-0.25, -0.2) is 16.8 Å². The molecule has 3 heterocycles. The number of rotatable bonds is 8. The number of aryl methyl sites for hydroxylation is 1. The van der Waals surface area contributed by atoms with Gasteiger partial charge < -0.3 is 19.7 Å². The topological polar surface area (TPSA) is 135 Å². The number of nitrogens with one attached hydrogen (secondary N) is 3. The first-order chi connectivity index (χ1) is 20.3. The van der Waals surface area contributed by atoms with Gasteiger partial charge in [-0.05, 0) is 68.2 Å². The van der Waals surface area contributed by atoms with Gasteiger partial charge in [0.15, 0.2) is 5.82 Å². The van der Waals surface area contributed by atoms with Gasteiger partial charge in [-0.3, -0.25) is 4.72 Å². The van der Waals surface area contributed by atoms with Gasteiger partial charge in [0.05, 0.1) is 34.2 Å². The maximum absolute atomic E-state index is 13.5. The number of halogens is 3. The third-order valence-electron chi connectivity index (χ3n) is 6.83. The average molecular weight is 636 g/mol. The lowest BCUT2D eigenvalue weighted by molar-refractivity contribution is -0.140. The molecule has 0 aliphatic carbocycles. The number of hydrogen-bond donors (Lipinski definition) is 3. The molecule has 1 saturated heterocycles. The molecule has 4 aromatic rings. The van der Waals surface area contributed by atoms with Crippen molar-refractivity contribution in [2.75, 3.05) is 33.4 Å². The lowest BCUT2D eigenvalue weighted by atomic mass is 10.1. The molecule has 0 unspecified atom stereocenters. The molecule has 0 atom stereocenters. The van der Waals surface area contributed by atoms with Crippen LogP contribution in [0.5, 0.6) is 0 Å². The van der Waals surface area contributed by atoms with Crippen molar-refractivity contribution >= 4 is 48.0 Å². The molecule has 43 heavy (non-hydrogen) atoms. The average Bonchev–Trinajstić information content (AvgIpc) is 3.49. The fourth-order valence-corrected chi connectivity index (χ4v) is 7.24. The first-order valence-electron chi connectivity index (χ1n) is 13.2. The molecule has 2 aromatic carbocycles. The number of aromatic nitrogens is 2. The van der Waals surface area contributed by atoms with E-state index in [1.807, 2.05) is 0 Å². The molecule has 2 aromatic heterocycles. The highest BCUT2D eigenvalue weighted by atomic mass is 32.2. The van der Waals surface area contributed by atoms with Crippen molar-refractivity contribution in [2.45, 2.75) is 43.4 Å². The van der Waals surface area contributed by atoms with Crippen molar-refractivity contribution < 1.29 is 34.5 Å². The molecule has 0 saturated carbocycles. The van der Waals surface area contributed by atoms with E-state index < -0.39 is 32.6 Å². The quantitative estimate of drug-likeness (QED) is 0.236. The monoisotopic (exact) mass is 635 g/mol. The summed E-state index contributed by atoms with van der Waals surface area (Å²) in [4.78, 5) is 0.000667. The molecule has 1 fully saturated rings. The minimum absolute atomic E-state index is 0.000667. The van der Waals surface area contributed by atoms with Crippen molar-refractivity contribution in [3.63, 3.8) is 0 Å². The molecule has 0 spiro atoms. The molecule has 3 N–H and O–H groups in total. The van der Waals surface area contributed by atoms with Crippen LogP contribution in [0.3, 0.4) is 0 Å². The molecule has 15 heteroatoms. The Labute approximate surface area is 246 Å². The summed E-state index contributed by atoms with van der Waals surface area (Å²) >= 11 is 0. The Morgan fingerprint density at radius 1 is 1.09 bits per heavy atom. The molecule has 10 nitrogen and oxygen atoms in total. The molecule has 0 amide bonds. The smallest absolute Gasteiger partial charge is 0.382 e. The van der Waals surface area contributed by atoms with E-state index >= 15 is 0 Å². The van der Waals surface area contributed by atoms with E-state index in [1.165, 1.54) is 18.2 Å². The van der Waals surface area contributed by atoms with E-state index in [9.17, 15) is 30.0 Å². The fraction of sp³-hybridized carbons (Fsp3) is 0.321. The molecule has 5 rings (SSSR count). The molecule has 1 aliphatic heterocycles. The van der Waals surface area contributed by atoms with E-state index in [1.54, 1.807) is 43.3 Å². The zero-order chi connectivity index (χ0) is 30.8. The molecule has 0 radical (unpaired) electrons. The van der Waals surface area contributed by atoms with Gasteiger partial charge in [-0.2, -0.15) is 13.2 Å². The van der Waals surface area contributed by atoms with Crippen molar-refractivity contribution in [3.8, 4) is 11.8 Å². The summed E-state index contributed by atoms with van der Waals surface area (Å²) in [7, 11) is -6.94. The number of benzene rings is 2. The first-order valence-corrected chi connectivity index (χ1v) is 16.5. The van der Waals surface area contributed by atoms with Crippen molar-refractivity contribution in [3.05, 3.63) is 66.1 Å².